The fraction of sp³-hybridized carbons (Fsp3) is 0.0556. The average molecular weight is 282 g/mol. The van der Waals surface area contributed by atoms with E-state index >= 15 is 0 Å². The van der Waals surface area contributed by atoms with Gasteiger partial charge in [-0.25, -0.2) is 0 Å². The molecule has 0 N–H and O–H groups in total. The molecule has 3 aromatic rings. The molecule has 0 radical (unpaired) electrons. The predicted molar refractivity (Wildman–Crippen MR) is 76.8 cm³/mol. The van der Waals surface area contributed by atoms with Crippen molar-refractivity contribution in [3.63, 3.8) is 0 Å². The predicted octanol–water partition coefficient (Wildman–Crippen LogP) is 0.616. The van der Waals surface area contributed by atoms with Gasteiger partial charge in [-0.05, 0) is 0 Å². The van der Waals surface area contributed by atoms with Gasteiger partial charge in [0.05, 0.1) is 0 Å². The Morgan fingerprint density at radius 2 is 0.950 bits per heavy atom. The quantitative estimate of drug-likeness (QED) is 0.620. The Morgan fingerprint density at radius 1 is 0.550 bits per heavy atom. The Labute approximate surface area is 125 Å². The molecule has 0 aliphatic carbocycles. The molecule has 1 aromatic heterocycles. The summed E-state index contributed by atoms with van der Waals surface area (Å²) in [5.41, 5.74) is 2.59. The van der Waals surface area contributed by atoms with Gasteiger partial charge in [-0.15, -0.1) is 0 Å². The fourth-order valence-electron chi connectivity index (χ4n) is 2.39. The lowest BCUT2D eigenvalue weighted by molar-refractivity contribution is -0.704. The maximum Gasteiger partial charge on any atom is 0.208 e. The van der Waals surface area contributed by atoms with E-state index in [1.807, 2.05) is 6.07 Å². The zero-order chi connectivity index (χ0) is 12.9. The lowest BCUT2D eigenvalue weighted by Crippen LogP contribution is -3.00. The number of halogens is 1. The molecule has 0 saturated heterocycles. The zero-order valence-electron chi connectivity index (χ0n) is 11.1. The maximum absolute atomic E-state index is 2.24. The summed E-state index contributed by atoms with van der Waals surface area (Å²) in [7, 11) is 0. The molecule has 2 heteroatoms. The number of aromatic nitrogens is 1. The van der Waals surface area contributed by atoms with Crippen LogP contribution in [0.2, 0.25) is 0 Å². The topological polar surface area (TPSA) is 3.88 Å². The standard InChI is InChI=1S/C18H16N.ClH/c1-4-10-16(11-5-1)18(17-12-6-2-7-13-17)19-14-8-3-9-15-19;/h1-15,18H;1H/q+1;/p-1. The third-order valence-electron chi connectivity index (χ3n) is 3.27. The van der Waals surface area contributed by atoms with E-state index in [0.717, 1.165) is 0 Å². The molecule has 1 heterocycles. The molecule has 0 atom stereocenters. The van der Waals surface area contributed by atoms with Crippen LogP contribution in [0, 0.1) is 0 Å². The molecule has 0 bridgehead atoms. The van der Waals surface area contributed by atoms with Crippen LogP contribution in [-0.4, -0.2) is 0 Å². The van der Waals surface area contributed by atoms with E-state index < -0.39 is 0 Å². The van der Waals surface area contributed by atoms with Crippen molar-refractivity contribution in [2.45, 2.75) is 6.04 Å². The van der Waals surface area contributed by atoms with Crippen molar-refractivity contribution in [3.8, 4) is 0 Å². The molecule has 0 unspecified atom stereocenters. The molecule has 1 nitrogen and oxygen atoms in total. The van der Waals surface area contributed by atoms with Gasteiger partial charge in [0.1, 0.15) is 0 Å². The second-order valence-electron chi connectivity index (χ2n) is 4.55. The van der Waals surface area contributed by atoms with Gasteiger partial charge in [0, 0.05) is 23.3 Å². The molecule has 100 valence electrons. The summed E-state index contributed by atoms with van der Waals surface area (Å²) in [6.07, 6.45) is 4.23. The third kappa shape index (κ3) is 3.06. The van der Waals surface area contributed by atoms with Crippen molar-refractivity contribution in [1.29, 1.82) is 0 Å². The summed E-state index contributed by atoms with van der Waals surface area (Å²) in [5, 5.41) is 0. The van der Waals surface area contributed by atoms with E-state index in [1.54, 1.807) is 0 Å². The van der Waals surface area contributed by atoms with Crippen molar-refractivity contribution in [1.82, 2.24) is 0 Å². The summed E-state index contributed by atoms with van der Waals surface area (Å²) < 4.78 is 2.24. The Balaban J connectivity index is 0.00000147. The summed E-state index contributed by atoms with van der Waals surface area (Å²) in [5.74, 6) is 0. The Kier molecular flexibility index (Phi) is 4.91. The van der Waals surface area contributed by atoms with Crippen molar-refractivity contribution in [3.05, 3.63) is 102 Å². The van der Waals surface area contributed by atoms with E-state index in [0.29, 0.717) is 0 Å². The van der Waals surface area contributed by atoms with Gasteiger partial charge in [-0.1, -0.05) is 66.7 Å². The van der Waals surface area contributed by atoms with Crippen LogP contribution in [0.1, 0.15) is 17.2 Å². The SMILES string of the molecule is [Cl-].c1ccc(C(c2ccccc2)[n+]2ccccc2)cc1. The van der Waals surface area contributed by atoms with Gasteiger partial charge < -0.3 is 12.4 Å². The van der Waals surface area contributed by atoms with E-state index in [4.69, 9.17) is 0 Å². The lowest BCUT2D eigenvalue weighted by Gasteiger charge is -2.13. The van der Waals surface area contributed by atoms with Crippen LogP contribution in [0.4, 0.5) is 0 Å². The van der Waals surface area contributed by atoms with Crippen LogP contribution in [0.5, 0.6) is 0 Å². The number of hydrogen-bond acceptors (Lipinski definition) is 0. The molecule has 3 rings (SSSR count). The van der Waals surface area contributed by atoms with Crippen molar-refractivity contribution in [2.75, 3.05) is 0 Å². The highest BCUT2D eigenvalue weighted by molar-refractivity contribution is 5.29. The maximum atomic E-state index is 2.24. The number of benzene rings is 2. The highest BCUT2D eigenvalue weighted by atomic mass is 35.5. The number of pyridine rings is 1. The van der Waals surface area contributed by atoms with Crippen LogP contribution in [0.15, 0.2) is 91.3 Å². The molecule has 0 aliphatic rings. The van der Waals surface area contributed by atoms with Gasteiger partial charge in [-0.3, -0.25) is 0 Å². The highest BCUT2D eigenvalue weighted by Gasteiger charge is 2.22. The summed E-state index contributed by atoms with van der Waals surface area (Å²) in [4.78, 5) is 0. The monoisotopic (exact) mass is 281 g/mol. The third-order valence-corrected chi connectivity index (χ3v) is 3.27. The van der Waals surface area contributed by atoms with Crippen molar-refractivity contribution >= 4 is 0 Å². The van der Waals surface area contributed by atoms with Gasteiger partial charge in [0.15, 0.2) is 12.4 Å². The second-order valence-corrected chi connectivity index (χ2v) is 4.55. The van der Waals surface area contributed by atoms with Gasteiger partial charge in [0.25, 0.3) is 0 Å². The molecule has 0 aliphatic heterocycles. The largest absolute Gasteiger partial charge is 1.00 e. The first-order valence-electron chi connectivity index (χ1n) is 6.51. The smallest absolute Gasteiger partial charge is 0.208 e. The van der Waals surface area contributed by atoms with Crippen LogP contribution >= 0.6 is 0 Å². The van der Waals surface area contributed by atoms with E-state index in [1.165, 1.54) is 11.1 Å². The second kappa shape index (κ2) is 6.88. The van der Waals surface area contributed by atoms with E-state index in [9.17, 15) is 0 Å². The number of nitrogens with zero attached hydrogens (tertiary/aromatic N) is 1. The molecule has 0 fully saturated rings. The number of rotatable bonds is 3. The molecule has 0 amide bonds. The molecular weight excluding hydrogens is 266 g/mol. The minimum Gasteiger partial charge on any atom is -1.00 e. The van der Waals surface area contributed by atoms with Gasteiger partial charge in [-0.2, -0.15) is 4.57 Å². The minimum atomic E-state index is 0. The van der Waals surface area contributed by atoms with Crippen molar-refractivity contribution < 1.29 is 17.0 Å². The first kappa shape index (κ1) is 14.3. The summed E-state index contributed by atoms with van der Waals surface area (Å²) >= 11 is 0. The first-order chi connectivity index (χ1) is 9.45. The lowest BCUT2D eigenvalue weighted by atomic mass is 9.98. The zero-order valence-corrected chi connectivity index (χ0v) is 11.8. The van der Waals surface area contributed by atoms with Crippen LogP contribution in [0.3, 0.4) is 0 Å². The summed E-state index contributed by atoms with van der Waals surface area (Å²) in [6, 6.07) is 27.6. The van der Waals surface area contributed by atoms with Gasteiger partial charge >= 0.3 is 0 Å². The van der Waals surface area contributed by atoms with E-state index in [-0.39, 0.29) is 18.4 Å². The Hall–Kier alpha value is -2.12. The molecule has 0 saturated carbocycles. The molecule has 0 spiro atoms. The number of hydrogen-bond donors (Lipinski definition) is 0. The van der Waals surface area contributed by atoms with Crippen LogP contribution < -0.4 is 17.0 Å². The fourth-order valence-corrected chi connectivity index (χ4v) is 2.39. The molecule has 20 heavy (non-hydrogen) atoms. The highest BCUT2D eigenvalue weighted by Crippen LogP contribution is 2.20. The Bertz CT molecular complexity index is 529. The van der Waals surface area contributed by atoms with Crippen molar-refractivity contribution in [2.24, 2.45) is 0 Å². The molecule has 2 aromatic carbocycles. The van der Waals surface area contributed by atoms with Crippen LogP contribution in [-0.2, 0) is 0 Å². The van der Waals surface area contributed by atoms with Crippen LogP contribution in [0.25, 0.3) is 0 Å². The normalized spacial score (nSPS) is 10.1. The average Bonchev–Trinajstić information content (AvgIpc) is 2.51. The van der Waals surface area contributed by atoms with E-state index in [2.05, 4.69) is 89.8 Å². The summed E-state index contributed by atoms with van der Waals surface area (Å²) in [6.45, 7) is 0. The molecular formula is C18H16ClN. The minimum absolute atomic E-state index is 0. The van der Waals surface area contributed by atoms with Gasteiger partial charge in [0.2, 0.25) is 6.04 Å². The first-order valence-corrected chi connectivity index (χ1v) is 6.51. The Morgan fingerprint density at radius 3 is 1.40 bits per heavy atom.